The van der Waals surface area contributed by atoms with Crippen LogP contribution in [0, 0.1) is 0 Å². The number of fused-ring (bicyclic) bond motifs is 1. The number of hydrogen-bond donors (Lipinski definition) is 1. The van der Waals surface area contributed by atoms with Crippen LogP contribution in [0.25, 0.3) is 11.0 Å². The number of amides is 1. The maximum atomic E-state index is 11.9. The second kappa shape index (κ2) is 4.90. The van der Waals surface area contributed by atoms with Gasteiger partial charge in [-0.1, -0.05) is 6.07 Å². The van der Waals surface area contributed by atoms with Gasteiger partial charge in [-0.05, 0) is 38.5 Å². The van der Waals surface area contributed by atoms with Gasteiger partial charge in [0, 0.05) is 26.1 Å². The molecule has 1 N–H and O–H groups in total. The number of likely N-dealkylation sites (tertiary alicyclic amines) is 1. The van der Waals surface area contributed by atoms with E-state index in [1.807, 2.05) is 39.0 Å². The average molecular weight is 303 g/mol. The Hall–Kier alpha value is -2.24. The van der Waals surface area contributed by atoms with Crippen molar-refractivity contribution in [2.75, 3.05) is 13.1 Å². The molecule has 118 valence electrons. The summed E-state index contributed by atoms with van der Waals surface area (Å²) in [6.45, 7) is 6.89. The van der Waals surface area contributed by atoms with E-state index in [1.54, 1.807) is 16.5 Å². The van der Waals surface area contributed by atoms with Crippen molar-refractivity contribution in [2.45, 2.75) is 32.3 Å². The molecule has 0 spiro atoms. The van der Waals surface area contributed by atoms with E-state index in [9.17, 15) is 9.59 Å². The molecule has 0 radical (unpaired) electrons. The SMILES string of the molecule is Cn1c(=O)[nH]c2ccc(C3CN(C(=O)OC(C)(C)C)C3)cc21. The number of aryl methyl sites for hydroxylation is 1. The van der Waals surface area contributed by atoms with Gasteiger partial charge in [0.15, 0.2) is 0 Å². The molecular weight excluding hydrogens is 282 g/mol. The first-order chi connectivity index (χ1) is 10.2. The number of nitrogens with one attached hydrogen (secondary N) is 1. The van der Waals surface area contributed by atoms with E-state index in [4.69, 9.17) is 4.74 Å². The molecule has 2 aromatic rings. The van der Waals surface area contributed by atoms with Crippen molar-refractivity contribution < 1.29 is 9.53 Å². The molecule has 1 fully saturated rings. The van der Waals surface area contributed by atoms with Gasteiger partial charge in [0.2, 0.25) is 0 Å². The fraction of sp³-hybridized carbons (Fsp3) is 0.500. The summed E-state index contributed by atoms with van der Waals surface area (Å²) in [5, 5.41) is 0. The second-order valence-electron chi connectivity index (χ2n) is 6.85. The molecule has 0 saturated carbocycles. The number of benzene rings is 1. The van der Waals surface area contributed by atoms with Crippen molar-refractivity contribution >= 4 is 17.1 Å². The van der Waals surface area contributed by atoms with Crippen LogP contribution in [0.1, 0.15) is 32.3 Å². The number of aromatic amines is 1. The number of aromatic nitrogens is 2. The standard InChI is InChI=1S/C16H21N3O3/c1-16(2,3)22-15(21)19-8-11(9-19)10-5-6-12-13(7-10)18(4)14(20)17-12/h5-7,11H,8-9H2,1-4H3,(H,17,20). The van der Waals surface area contributed by atoms with Gasteiger partial charge < -0.3 is 14.6 Å². The highest BCUT2D eigenvalue weighted by Gasteiger charge is 2.34. The number of ether oxygens (including phenoxy) is 1. The molecule has 1 aromatic heterocycles. The van der Waals surface area contributed by atoms with Gasteiger partial charge in [-0.15, -0.1) is 0 Å². The summed E-state index contributed by atoms with van der Waals surface area (Å²) in [4.78, 5) is 28.1. The molecule has 2 heterocycles. The van der Waals surface area contributed by atoms with Crippen LogP contribution in [0.2, 0.25) is 0 Å². The van der Waals surface area contributed by atoms with Crippen LogP contribution >= 0.6 is 0 Å². The average Bonchev–Trinajstić information content (AvgIpc) is 2.61. The lowest BCUT2D eigenvalue weighted by atomic mass is 9.91. The number of carbonyl (C=O) groups excluding carboxylic acids is 1. The summed E-state index contributed by atoms with van der Waals surface area (Å²) >= 11 is 0. The lowest BCUT2D eigenvalue weighted by molar-refractivity contribution is 0.00820. The molecule has 0 unspecified atom stereocenters. The Morgan fingerprint density at radius 1 is 1.32 bits per heavy atom. The summed E-state index contributed by atoms with van der Waals surface area (Å²) in [6, 6.07) is 5.95. The lowest BCUT2D eigenvalue weighted by Gasteiger charge is -2.40. The van der Waals surface area contributed by atoms with E-state index in [1.165, 1.54) is 0 Å². The van der Waals surface area contributed by atoms with Gasteiger partial charge in [-0.25, -0.2) is 9.59 Å². The van der Waals surface area contributed by atoms with E-state index in [-0.39, 0.29) is 11.8 Å². The zero-order valence-electron chi connectivity index (χ0n) is 13.3. The summed E-state index contributed by atoms with van der Waals surface area (Å²) in [5.74, 6) is 0.293. The fourth-order valence-electron chi connectivity index (χ4n) is 2.66. The Morgan fingerprint density at radius 2 is 2.00 bits per heavy atom. The zero-order chi connectivity index (χ0) is 16.1. The van der Waals surface area contributed by atoms with Crippen LogP contribution in [-0.2, 0) is 11.8 Å². The van der Waals surface area contributed by atoms with E-state index in [0.717, 1.165) is 16.6 Å². The molecule has 1 aromatic carbocycles. The smallest absolute Gasteiger partial charge is 0.410 e. The van der Waals surface area contributed by atoms with E-state index in [0.29, 0.717) is 19.0 Å². The third-order valence-electron chi connectivity index (χ3n) is 3.93. The first kappa shape index (κ1) is 14.7. The third kappa shape index (κ3) is 2.61. The van der Waals surface area contributed by atoms with E-state index >= 15 is 0 Å². The Bertz CT molecular complexity index is 776. The van der Waals surface area contributed by atoms with Crippen LogP contribution in [0.15, 0.2) is 23.0 Å². The minimum Gasteiger partial charge on any atom is -0.444 e. The Kier molecular flexibility index (Phi) is 3.27. The number of rotatable bonds is 1. The van der Waals surface area contributed by atoms with Crippen LogP contribution < -0.4 is 5.69 Å². The molecule has 1 amide bonds. The summed E-state index contributed by atoms with van der Waals surface area (Å²) in [6.07, 6.45) is -0.265. The molecule has 6 nitrogen and oxygen atoms in total. The van der Waals surface area contributed by atoms with Crippen molar-refractivity contribution in [2.24, 2.45) is 7.05 Å². The van der Waals surface area contributed by atoms with Crippen molar-refractivity contribution in [3.05, 3.63) is 34.2 Å². The normalized spacial score (nSPS) is 15.9. The molecule has 1 saturated heterocycles. The first-order valence-electron chi connectivity index (χ1n) is 7.41. The summed E-state index contributed by atoms with van der Waals surface area (Å²) < 4.78 is 6.96. The predicted octanol–water partition coefficient (Wildman–Crippen LogP) is 2.20. The molecule has 22 heavy (non-hydrogen) atoms. The highest BCUT2D eigenvalue weighted by atomic mass is 16.6. The number of H-pyrrole nitrogens is 1. The van der Waals surface area contributed by atoms with Crippen LogP contribution in [0.3, 0.4) is 0 Å². The topological polar surface area (TPSA) is 67.3 Å². The summed E-state index contributed by atoms with van der Waals surface area (Å²) in [7, 11) is 1.75. The lowest BCUT2D eigenvalue weighted by Crippen LogP contribution is -2.50. The Balaban J connectivity index is 1.72. The van der Waals surface area contributed by atoms with Crippen LogP contribution in [0.5, 0.6) is 0 Å². The monoisotopic (exact) mass is 303 g/mol. The maximum Gasteiger partial charge on any atom is 0.410 e. The quantitative estimate of drug-likeness (QED) is 0.878. The number of nitrogens with zero attached hydrogens (tertiary/aromatic N) is 2. The third-order valence-corrected chi connectivity index (χ3v) is 3.93. The number of imidazole rings is 1. The largest absolute Gasteiger partial charge is 0.444 e. The Morgan fingerprint density at radius 3 is 2.64 bits per heavy atom. The predicted molar refractivity (Wildman–Crippen MR) is 84.1 cm³/mol. The van der Waals surface area contributed by atoms with Crippen molar-refractivity contribution in [1.29, 1.82) is 0 Å². The molecule has 0 bridgehead atoms. The molecule has 0 atom stereocenters. The Labute approximate surface area is 128 Å². The molecule has 0 aliphatic carbocycles. The zero-order valence-corrected chi connectivity index (χ0v) is 13.3. The highest BCUT2D eigenvalue weighted by molar-refractivity contribution is 5.76. The maximum absolute atomic E-state index is 11.9. The summed E-state index contributed by atoms with van der Waals surface area (Å²) in [5.41, 5.74) is 2.28. The van der Waals surface area contributed by atoms with Gasteiger partial charge >= 0.3 is 11.8 Å². The minimum absolute atomic E-state index is 0.115. The molecular formula is C16H21N3O3. The number of carbonyl (C=O) groups is 1. The van der Waals surface area contributed by atoms with Crippen LogP contribution in [0.4, 0.5) is 4.79 Å². The van der Waals surface area contributed by atoms with Crippen molar-refractivity contribution in [1.82, 2.24) is 14.5 Å². The van der Waals surface area contributed by atoms with Gasteiger partial charge in [-0.2, -0.15) is 0 Å². The highest BCUT2D eigenvalue weighted by Crippen LogP contribution is 2.29. The molecule has 3 rings (SSSR count). The van der Waals surface area contributed by atoms with Crippen molar-refractivity contribution in [3.8, 4) is 0 Å². The van der Waals surface area contributed by atoms with Crippen molar-refractivity contribution in [3.63, 3.8) is 0 Å². The van der Waals surface area contributed by atoms with Gasteiger partial charge in [-0.3, -0.25) is 4.57 Å². The first-order valence-corrected chi connectivity index (χ1v) is 7.41. The molecule has 6 heteroatoms. The second-order valence-corrected chi connectivity index (χ2v) is 6.85. The van der Waals surface area contributed by atoms with E-state index in [2.05, 4.69) is 4.98 Å². The van der Waals surface area contributed by atoms with Crippen LogP contribution in [-0.4, -0.2) is 39.2 Å². The minimum atomic E-state index is -0.468. The van der Waals surface area contributed by atoms with Gasteiger partial charge in [0.05, 0.1) is 11.0 Å². The van der Waals surface area contributed by atoms with E-state index < -0.39 is 5.60 Å². The molecule has 1 aliphatic heterocycles. The van der Waals surface area contributed by atoms with Gasteiger partial charge in [0.1, 0.15) is 5.60 Å². The fourth-order valence-corrected chi connectivity index (χ4v) is 2.66. The number of hydrogen-bond acceptors (Lipinski definition) is 3. The van der Waals surface area contributed by atoms with Gasteiger partial charge in [0.25, 0.3) is 0 Å². The molecule has 1 aliphatic rings.